The minimum atomic E-state index is -0.300. The van der Waals surface area contributed by atoms with Gasteiger partial charge >= 0.3 is 0 Å². The molecule has 108 valence electrons. The van der Waals surface area contributed by atoms with Gasteiger partial charge in [-0.1, -0.05) is 0 Å². The van der Waals surface area contributed by atoms with E-state index in [-0.39, 0.29) is 18.1 Å². The minimum absolute atomic E-state index is 0.107. The molecule has 0 saturated heterocycles. The second-order valence-corrected chi connectivity index (χ2v) is 5.14. The molecule has 0 aliphatic heterocycles. The quantitative estimate of drug-likeness (QED) is 0.736. The van der Waals surface area contributed by atoms with E-state index in [2.05, 4.69) is 4.98 Å². The zero-order chi connectivity index (χ0) is 15.0. The van der Waals surface area contributed by atoms with Gasteiger partial charge in [0.1, 0.15) is 11.6 Å². The Morgan fingerprint density at radius 3 is 2.86 bits per heavy atom. The highest BCUT2D eigenvalue weighted by Gasteiger charge is 2.29. The number of benzene rings is 1. The number of hydrogen-bond acceptors (Lipinski definition) is 4. The van der Waals surface area contributed by atoms with E-state index in [1.807, 2.05) is 4.57 Å². The number of halogens is 1. The van der Waals surface area contributed by atoms with E-state index in [4.69, 9.17) is 16.6 Å². The summed E-state index contributed by atoms with van der Waals surface area (Å²) in [6.45, 7) is 0.107. The van der Waals surface area contributed by atoms with E-state index < -0.39 is 0 Å². The molecule has 2 aromatic rings. The number of rotatable bonds is 5. The summed E-state index contributed by atoms with van der Waals surface area (Å²) in [6.07, 6.45) is 4.76. The molecule has 0 bridgehead atoms. The van der Waals surface area contributed by atoms with Gasteiger partial charge in [-0.2, -0.15) is 0 Å². The van der Waals surface area contributed by atoms with E-state index in [9.17, 15) is 4.39 Å². The number of nitrogens with two attached hydrogens (primary N) is 1. The molecular formula is C15H16FN5. The van der Waals surface area contributed by atoms with Gasteiger partial charge in [0.05, 0.1) is 11.0 Å². The van der Waals surface area contributed by atoms with Crippen LogP contribution < -0.4 is 5.73 Å². The monoisotopic (exact) mass is 285 g/mol. The summed E-state index contributed by atoms with van der Waals surface area (Å²) < 4.78 is 15.5. The van der Waals surface area contributed by atoms with Crippen molar-refractivity contribution in [2.45, 2.75) is 18.9 Å². The van der Waals surface area contributed by atoms with E-state index in [1.165, 1.54) is 18.3 Å². The average Bonchev–Trinajstić information content (AvgIpc) is 3.25. The fourth-order valence-corrected chi connectivity index (χ4v) is 2.39. The number of fused-ring (bicyclic) bond motifs is 1. The Bertz CT molecular complexity index is 755. The zero-order valence-electron chi connectivity index (χ0n) is 11.4. The van der Waals surface area contributed by atoms with Gasteiger partial charge in [-0.05, 0) is 37.1 Å². The van der Waals surface area contributed by atoms with Crippen molar-refractivity contribution in [3.63, 3.8) is 0 Å². The molecule has 1 fully saturated rings. The number of aromatic nitrogens is 2. The van der Waals surface area contributed by atoms with Gasteiger partial charge < -0.3 is 21.1 Å². The van der Waals surface area contributed by atoms with Crippen LogP contribution in [0.15, 0.2) is 24.3 Å². The van der Waals surface area contributed by atoms with Crippen molar-refractivity contribution >= 4 is 28.5 Å². The lowest BCUT2D eigenvalue weighted by Gasteiger charge is -2.08. The van der Waals surface area contributed by atoms with Crippen LogP contribution in [0.2, 0.25) is 0 Å². The Morgan fingerprint density at radius 2 is 2.24 bits per heavy atom. The fraction of sp³-hybridized carbons (Fsp3) is 0.267. The van der Waals surface area contributed by atoms with E-state index in [0.717, 1.165) is 18.4 Å². The summed E-state index contributed by atoms with van der Waals surface area (Å²) in [5, 5.41) is 15.3. The van der Waals surface area contributed by atoms with Crippen molar-refractivity contribution in [2.75, 3.05) is 6.54 Å². The molecular weight excluding hydrogens is 269 g/mol. The van der Waals surface area contributed by atoms with Crippen LogP contribution in [0.25, 0.3) is 16.6 Å². The van der Waals surface area contributed by atoms with Crippen molar-refractivity contribution in [1.29, 1.82) is 10.8 Å². The lowest BCUT2D eigenvalue weighted by atomic mass is 10.2. The standard InChI is InChI=1S/C15H16FN5/c16-10-1-4-13-14(6-10)21(12-2-3-12)15(20-13)9(7-17)5-11(19)8-18/h1,4-7,12,17,19H,2-3,8,18H2/b9-5+,17-7?,19-11?. The van der Waals surface area contributed by atoms with Crippen LogP contribution in [-0.2, 0) is 0 Å². The number of hydrogen-bond donors (Lipinski definition) is 3. The maximum Gasteiger partial charge on any atom is 0.142 e. The number of allylic oxidation sites excluding steroid dienone is 1. The molecule has 1 aliphatic carbocycles. The molecule has 21 heavy (non-hydrogen) atoms. The summed E-state index contributed by atoms with van der Waals surface area (Å²) in [7, 11) is 0. The molecule has 0 atom stereocenters. The van der Waals surface area contributed by atoms with Crippen LogP contribution in [0.4, 0.5) is 4.39 Å². The molecule has 1 saturated carbocycles. The predicted octanol–water partition coefficient (Wildman–Crippen LogP) is 2.52. The van der Waals surface area contributed by atoms with E-state index in [1.54, 1.807) is 12.1 Å². The molecule has 6 heteroatoms. The average molecular weight is 285 g/mol. The number of nitrogens with zero attached hydrogens (tertiary/aromatic N) is 2. The first-order valence-corrected chi connectivity index (χ1v) is 6.81. The topological polar surface area (TPSA) is 91.5 Å². The molecule has 1 aromatic heterocycles. The Morgan fingerprint density at radius 1 is 1.48 bits per heavy atom. The molecule has 5 nitrogen and oxygen atoms in total. The first kappa shape index (κ1) is 13.6. The van der Waals surface area contributed by atoms with E-state index >= 15 is 0 Å². The van der Waals surface area contributed by atoms with Crippen LogP contribution in [0.5, 0.6) is 0 Å². The third-order valence-corrected chi connectivity index (χ3v) is 3.53. The molecule has 1 aromatic carbocycles. The maximum atomic E-state index is 13.5. The highest BCUT2D eigenvalue weighted by Crippen LogP contribution is 2.40. The highest BCUT2D eigenvalue weighted by atomic mass is 19.1. The Kier molecular flexibility index (Phi) is 3.39. The minimum Gasteiger partial charge on any atom is -0.325 e. The molecule has 0 spiro atoms. The predicted molar refractivity (Wildman–Crippen MR) is 81.5 cm³/mol. The number of imidazole rings is 1. The van der Waals surface area contributed by atoms with Crippen molar-refractivity contribution in [3.05, 3.63) is 35.9 Å². The zero-order valence-corrected chi connectivity index (χ0v) is 11.4. The third kappa shape index (κ3) is 2.50. The fourth-order valence-electron chi connectivity index (χ4n) is 2.39. The van der Waals surface area contributed by atoms with Gasteiger partial charge in [0.15, 0.2) is 0 Å². The molecule has 1 heterocycles. The van der Waals surface area contributed by atoms with Gasteiger partial charge in [-0.15, -0.1) is 0 Å². The Hall–Kier alpha value is -2.34. The van der Waals surface area contributed by atoms with Gasteiger partial charge in [0.2, 0.25) is 0 Å². The lowest BCUT2D eigenvalue weighted by Crippen LogP contribution is -2.11. The van der Waals surface area contributed by atoms with Crippen LogP contribution in [-0.4, -0.2) is 28.0 Å². The van der Waals surface area contributed by atoms with Gasteiger partial charge in [0.25, 0.3) is 0 Å². The largest absolute Gasteiger partial charge is 0.325 e. The summed E-state index contributed by atoms with van der Waals surface area (Å²) in [5.41, 5.74) is 7.63. The van der Waals surface area contributed by atoms with Crippen LogP contribution in [0.3, 0.4) is 0 Å². The van der Waals surface area contributed by atoms with Crippen molar-refractivity contribution in [3.8, 4) is 0 Å². The molecule has 0 amide bonds. The van der Waals surface area contributed by atoms with Gasteiger partial charge in [-0.3, -0.25) is 0 Å². The SMILES string of the molecule is N=C/C(=C\C(=N)CN)c1nc2ccc(F)cc2n1C1CC1. The smallest absolute Gasteiger partial charge is 0.142 e. The maximum absolute atomic E-state index is 13.5. The van der Waals surface area contributed by atoms with Crippen LogP contribution >= 0.6 is 0 Å². The first-order chi connectivity index (χ1) is 10.1. The Balaban J connectivity index is 2.21. The summed E-state index contributed by atoms with van der Waals surface area (Å²) >= 11 is 0. The second kappa shape index (κ2) is 5.21. The Labute approximate surface area is 121 Å². The van der Waals surface area contributed by atoms with Crippen molar-refractivity contribution in [1.82, 2.24) is 9.55 Å². The first-order valence-electron chi connectivity index (χ1n) is 6.81. The summed E-state index contributed by atoms with van der Waals surface area (Å²) in [5.74, 6) is 0.303. The third-order valence-electron chi connectivity index (χ3n) is 3.53. The van der Waals surface area contributed by atoms with Gasteiger partial charge in [0, 0.05) is 30.1 Å². The lowest BCUT2D eigenvalue weighted by molar-refractivity contribution is 0.628. The van der Waals surface area contributed by atoms with Crippen molar-refractivity contribution < 1.29 is 4.39 Å². The molecule has 3 rings (SSSR count). The number of nitrogens with one attached hydrogen (secondary N) is 2. The molecule has 0 unspecified atom stereocenters. The van der Waals surface area contributed by atoms with E-state index in [0.29, 0.717) is 23.0 Å². The highest BCUT2D eigenvalue weighted by molar-refractivity contribution is 6.15. The van der Waals surface area contributed by atoms with Crippen LogP contribution in [0, 0.1) is 16.6 Å². The normalized spacial score (nSPS) is 15.4. The second-order valence-electron chi connectivity index (χ2n) is 5.14. The summed E-state index contributed by atoms with van der Waals surface area (Å²) in [6, 6.07) is 4.79. The summed E-state index contributed by atoms with van der Waals surface area (Å²) in [4.78, 5) is 4.51. The molecule has 4 N–H and O–H groups in total. The van der Waals surface area contributed by atoms with Crippen molar-refractivity contribution in [2.24, 2.45) is 5.73 Å². The van der Waals surface area contributed by atoms with Gasteiger partial charge in [-0.25, -0.2) is 9.37 Å². The molecule has 0 radical (unpaired) electrons. The van der Waals surface area contributed by atoms with Crippen LogP contribution in [0.1, 0.15) is 24.7 Å². The molecule has 1 aliphatic rings.